The van der Waals surface area contributed by atoms with E-state index in [1.807, 2.05) is 0 Å². The Morgan fingerprint density at radius 3 is 2.56 bits per heavy atom. The maximum absolute atomic E-state index is 3.73. The third-order valence-corrected chi connectivity index (χ3v) is 3.83. The van der Waals surface area contributed by atoms with E-state index >= 15 is 0 Å². The summed E-state index contributed by atoms with van der Waals surface area (Å²) in [6.07, 6.45) is 5.50. The standard InChI is InChI=1S/C15H23N/c1-11-8-9-15(13(3)10-11)16-14-7-5-4-6-12(14)2/h8-10,12,14,16H,4-7H2,1-3H3. The summed E-state index contributed by atoms with van der Waals surface area (Å²) >= 11 is 0. The van der Waals surface area contributed by atoms with E-state index in [1.54, 1.807) is 0 Å². The minimum absolute atomic E-state index is 0.676. The Morgan fingerprint density at radius 2 is 1.88 bits per heavy atom. The van der Waals surface area contributed by atoms with Crippen LogP contribution < -0.4 is 5.32 Å². The summed E-state index contributed by atoms with van der Waals surface area (Å²) in [5.41, 5.74) is 4.04. The average molecular weight is 217 g/mol. The zero-order chi connectivity index (χ0) is 11.5. The van der Waals surface area contributed by atoms with Crippen LogP contribution in [0.1, 0.15) is 43.7 Å². The van der Waals surface area contributed by atoms with Gasteiger partial charge in [-0.1, -0.05) is 37.5 Å². The highest BCUT2D eigenvalue weighted by molar-refractivity contribution is 5.52. The van der Waals surface area contributed by atoms with Crippen molar-refractivity contribution >= 4 is 5.69 Å². The lowest BCUT2D eigenvalue weighted by atomic mass is 9.85. The number of hydrogen-bond acceptors (Lipinski definition) is 1. The van der Waals surface area contributed by atoms with Gasteiger partial charge in [0.25, 0.3) is 0 Å². The second-order valence-corrected chi connectivity index (χ2v) is 5.33. The Balaban J connectivity index is 2.07. The summed E-state index contributed by atoms with van der Waals surface area (Å²) in [5, 5.41) is 3.73. The molecule has 0 heterocycles. The van der Waals surface area contributed by atoms with Gasteiger partial charge in [-0.3, -0.25) is 0 Å². The first kappa shape index (κ1) is 11.5. The van der Waals surface area contributed by atoms with Crippen LogP contribution in [0.3, 0.4) is 0 Å². The largest absolute Gasteiger partial charge is 0.382 e. The second-order valence-electron chi connectivity index (χ2n) is 5.33. The minimum Gasteiger partial charge on any atom is -0.382 e. The molecule has 1 aliphatic carbocycles. The van der Waals surface area contributed by atoms with Crippen molar-refractivity contribution in [3.63, 3.8) is 0 Å². The van der Waals surface area contributed by atoms with Crippen LogP contribution in [-0.2, 0) is 0 Å². The highest BCUT2D eigenvalue weighted by Crippen LogP contribution is 2.28. The van der Waals surface area contributed by atoms with Crippen LogP contribution in [0.5, 0.6) is 0 Å². The highest BCUT2D eigenvalue weighted by Gasteiger charge is 2.21. The lowest BCUT2D eigenvalue weighted by Crippen LogP contribution is -2.30. The van der Waals surface area contributed by atoms with Gasteiger partial charge >= 0.3 is 0 Å². The number of rotatable bonds is 2. The maximum Gasteiger partial charge on any atom is 0.0372 e. The van der Waals surface area contributed by atoms with Crippen LogP contribution in [0.4, 0.5) is 5.69 Å². The summed E-state index contributed by atoms with van der Waals surface area (Å²) in [7, 11) is 0. The monoisotopic (exact) mass is 217 g/mol. The molecule has 0 radical (unpaired) electrons. The molecule has 88 valence electrons. The Hall–Kier alpha value is -0.980. The molecule has 1 fully saturated rings. The number of anilines is 1. The SMILES string of the molecule is Cc1ccc(NC2CCCCC2C)c(C)c1. The van der Waals surface area contributed by atoms with Crippen molar-refractivity contribution < 1.29 is 0 Å². The fourth-order valence-electron chi connectivity index (χ4n) is 2.71. The van der Waals surface area contributed by atoms with Crippen LogP contribution in [0, 0.1) is 19.8 Å². The van der Waals surface area contributed by atoms with Crippen LogP contribution in [0.25, 0.3) is 0 Å². The first-order chi connectivity index (χ1) is 7.66. The molecular weight excluding hydrogens is 194 g/mol. The van der Waals surface area contributed by atoms with E-state index in [4.69, 9.17) is 0 Å². The van der Waals surface area contributed by atoms with E-state index in [1.165, 1.54) is 42.5 Å². The van der Waals surface area contributed by atoms with Gasteiger partial charge in [-0.15, -0.1) is 0 Å². The van der Waals surface area contributed by atoms with E-state index < -0.39 is 0 Å². The fraction of sp³-hybridized carbons (Fsp3) is 0.600. The average Bonchev–Trinajstić information content (AvgIpc) is 2.25. The molecule has 1 nitrogen and oxygen atoms in total. The van der Waals surface area contributed by atoms with Crippen LogP contribution >= 0.6 is 0 Å². The molecule has 2 rings (SSSR count). The van der Waals surface area contributed by atoms with Gasteiger partial charge in [0.2, 0.25) is 0 Å². The molecule has 1 aliphatic rings. The second kappa shape index (κ2) is 4.90. The zero-order valence-corrected chi connectivity index (χ0v) is 10.7. The number of nitrogens with one attached hydrogen (secondary N) is 1. The predicted octanol–water partition coefficient (Wildman–Crippen LogP) is 4.29. The molecule has 0 bridgehead atoms. The summed E-state index contributed by atoms with van der Waals surface area (Å²) in [6, 6.07) is 7.36. The fourth-order valence-corrected chi connectivity index (χ4v) is 2.71. The van der Waals surface area contributed by atoms with Gasteiger partial charge in [0, 0.05) is 11.7 Å². The highest BCUT2D eigenvalue weighted by atomic mass is 14.9. The van der Waals surface area contributed by atoms with Crippen molar-refractivity contribution in [1.29, 1.82) is 0 Å². The Bertz CT molecular complexity index is 356. The van der Waals surface area contributed by atoms with Gasteiger partial charge in [0.05, 0.1) is 0 Å². The minimum atomic E-state index is 0.676. The van der Waals surface area contributed by atoms with E-state index in [0.717, 1.165) is 5.92 Å². The van der Waals surface area contributed by atoms with Gasteiger partial charge in [-0.05, 0) is 44.2 Å². The summed E-state index contributed by atoms with van der Waals surface area (Å²) in [6.45, 7) is 6.73. The Labute approximate surface area is 99.3 Å². The van der Waals surface area contributed by atoms with Gasteiger partial charge in [0.15, 0.2) is 0 Å². The van der Waals surface area contributed by atoms with Crippen molar-refractivity contribution in [3.05, 3.63) is 29.3 Å². The zero-order valence-electron chi connectivity index (χ0n) is 10.7. The number of benzene rings is 1. The normalized spacial score (nSPS) is 25.4. The lowest BCUT2D eigenvalue weighted by Gasteiger charge is -2.31. The molecule has 1 aromatic carbocycles. The molecule has 2 unspecified atom stereocenters. The van der Waals surface area contributed by atoms with E-state index in [9.17, 15) is 0 Å². The summed E-state index contributed by atoms with van der Waals surface area (Å²) in [5.74, 6) is 0.814. The van der Waals surface area contributed by atoms with E-state index in [2.05, 4.69) is 44.3 Å². The molecule has 16 heavy (non-hydrogen) atoms. The Morgan fingerprint density at radius 1 is 1.12 bits per heavy atom. The first-order valence-electron chi connectivity index (χ1n) is 6.50. The Kier molecular flexibility index (Phi) is 3.52. The molecule has 0 amide bonds. The number of hydrogen-bond donors (Lipinski definition) is 1. The molecule has 0 saturated heterocycles. The number of aryl methyl sites for hydroxylation is 2. The lowest BCUT2D eigenvalue weighted by molar-refractivity contribution is 0.349. The molecule has 2 atom stereocenters. The van der Waals surface area contributed by atoms with Crippen molar-refractivity contribution in [1.82, 2.24) is 0 Å². The molecule has 1 saturated carbocycles. The third-order valence-electron chi connectivity index (χ3n) is 3.83. The van der Waals surface area contributed by atoms with Gasteiger partial charge < -0.3 is 5.32 Å². The first-order valence-corrected chi connectivity index (χ1v) is 6.50. The van der Waals surface area contributed by atoms with E-state index in [0.29, 0.717) is 6.04 Å². The molecule has 1 N–H and O–H groups in total. The molecule has 0 aliphatic heterocycles. The van der Waals surface area contributed by atoms with Crippen LogP contribution in [0.2, 0.25) is 0 Å². The summed E-state index contributed by atoms with van der Waals surface area (Å²) < 4.78 is 0. The van der Waals surface area contributed by atoms with Gasteiger partial charge in [-0.25, -0.2) is 0 Å². The van der Waals surface area contributed by atoms with Crippen LogP contribution in [-0.4, -0.2) is 6.04 Å². The third kappa shape index (κ3) is 2.58. The van der Waals surface area contributed by atoms with Crippen molar-refractivity contribution in [3.8, 4) is 0 Å². The van der Waals surface area contributed by atoms with Gasteiger partial charge in [0.1, 0.15) is 0 Å². The van der Waals surface area contributed by atoms with Crippen molar-refractivity contribution in [2.45, 2.75) is 52.5 Å². The van der Waals surface area contributed by atoms with Crippen molar-refractivity contribution in [2.24, 2.45) is 5.92 Å². The van der Waals surface area contributed by atoms with Crippen LogP contribution in [0.15, 0.2) is 18.2 Å². The molecule has 0 aromatic heterocycles. The smallest absolute Gasteiger partial charge is 0.0372 e. The van der Waals surface area contributed by atoms with Gasteiger partial charge in [-0.2, -0.15) is 0 Å². The topological polar surface area (TPSA) is 12.0 Å². The predicted molar refractivity (Wildman–Crippen MR) is 71.0 cm³/mol. The maximum atomic E-state index is 3.73. The summed E-state index contributed by atoms with van der Waals surface area (Å²) in [4.78, 5) is 0. The quantitative estimate of drug-likeness (QED) is 0.779. The molecule has 1 aromatic rings. The van der Waals surface area contributed by atoms with Crippen molar-refractivity contribution in [2.75, 3.05) is 5.32 Å². The molecular formula is C15H23N. The molecule has 0 spiro atoms. The molecule has 1 heteroatoms. The van der Waals surface area contributed by atoms with E-state index in [-0.39, 0.29) is 0 Å².